The molecule has 15 heteroatoms. The van der Waals surface area contributed by atoms with Crippen molar-refractivity contribution in [1.29, 1.82) is 0 Å². The number of carbonyl (C=O) groups excluding carboxylic acids is 1. The molecule has 0 atom stereocenters. The number of nitro groups is 1. The molecule has 0 aliphatic carbocycles. The Balaban J connectivity index is 1.06. The molecule has 2 N–H and O–H groups in total. The number of nitrogens with zero attached hydrogens (tertiary/aromatic N) is 4. The van der Waals surface area contributed by atoms with E-state index in [1.54, 1.807) is 30.3 Å². The van der Waals surface area contributed by atoms with Gasteiger partial charge in [-0.3, -0.25) is 24.8 Å². The van der Waals surface area contributed by atoms with Gasteiger partial charge < -0.3 is 19.7 Å². The van der Waals surface area contributed by atoms with Crippen LogP contribution in [-0.4, -0.2) is 68.5 Å². The molecule has 5 aromatic rings. The van der Waals surface area contributed by atoms with Crippen LogP contribution in [0.1, 0.15) is 15.9 Å². The van der Waals surface area contributed by atoms with Crippen molar-refractivity contribution >= 4 is 44.6 Å². The summed E-state index contributed by atoms with van der Waals surface area (Å²) in [5.41, 5.74) is 4.72. The van der Waals surface area contributed by atoms with Gasteiger partial charge in [0.2, 0.25) is 0 Å². The number of halogens is 1. The number of rotatable bonds is 13. The van der Waals surface area contributed by atoms with E-state index >= 15 is 0 Å². The zero-order chi connectivity index (χ0) is 39.1. The Morgan fingerprint density at radius 1 is 0.946 bits per heavy atom. The predicted molar refractivity (Wildman–Crippen MR) is 215 cm³/mol. The van der Waals surface area contributed by atoms with Crippen molar-refractivity contribution in [3.05, 3.63) is 160 Å². The molecule has 0 radical (unpaired) electrons. The average molecular weight is 793 g/mol. The zero-order valence-electron chi connectivity index (χ0n) is 30.0. The fraction of sp³-hybridized carbons (Fsp3) is 0.171. The van der Waals surface area contributed by atoms with Crippen LogP contribution in [0, 0.1) is 10.1 Å². The van der Waals surface area contributed by atoms with Gasteiger partial charge in [-0.2, -0.15) is 0 Å². The van der Waals surface area contributed by atoms with Gasteiger partial charge in [0.1, 0.15) is 23.8 Å². The van der Waals surface area contributed by atoms with Crippen molar-refractivity contribution in [2.24, 2.45) is 0 Å². The molecule has 13 nitrogen and oxygen atoms in total. The number of pyridine rings is 1. The number of nitrogens with one attached hydrogen (secondary N) is 2. The summed E-state index contributed by atoms with van der Waals surface area (Å²) >= 11 is 6.13. The van der Waals surface area contributed by atoms with Crippen molar-refractivity contribution in [3.8, 4) is 22.6 Å². The van der Waals surface area contributed by atoms with Gasteiger partial charge in [0.15, 0.2) is 0 Å². The van der Waals surface area contributed by atoms with Crippen LogP contribution in [0.3, 0.4) is 0 Å². The molecule has 7 rings (SSSR count). The minimum atomic E-state index is -4.55. The first-order chi connectivity index (χ1) is 27.1. The van der Waals surface area contributed by atoms with Gasteiger partial charge in [0, 0.05) is 74.5 Å². The minimum Gasteiger partial charge on any atom is -0.497 e. The number of amides is 1. The molecule has 4 aromatic carbocycles. The number of hydrogen-bond acceptors (Lipinski definition) is 11. The van der Waals surface area contributed by atoms with E-state index in [1.807, 2.05) is 42.5 Å². The Morgan fingerprint density at radius 3 is 2.45 bits per heavy atom. The van der Waals surface area contributed by atoms with E-state index < -0.39 is 31.4 Å². The van der Waals surface area contributed by atoms with E-state index in [4.69, 9.17) is 21.1 Å². The maximum Gasteiger partial charge on any atom is 0.293 e. The van der Waals surface area contributed by atoms with Crippen LogP contribution in [0.2, 0.25) is 5.02 Å². The highest BCUT2D eigenvalue weighted by Crippen LogP contribution is 2.33. The summed E-state index contributed by atoms with van der Waals surface area (Å²) in [6, 6.07) is 27.8. The smallest absolute Gasteiger partial charge is 0.293 e. The van der Waals surface area contributed by atoms with E-state index in [2.05, 4.69) is 37.0 Å². The van der Waals surface area contributed by atoms with Gasteiger partial charge in [-0.15, -0.1) is 0 Å². The van der Waals surface area contributed by atoms with Gasteiger partial charge in [0.05, 0.1) is 21.6 Å². The molecular formula is C41H37ClN6O7S. The monoisotopic (exact) mass is 792 g/mol. The summed E-state index contributed by atoms with van der Waals surface area (Å²) in [4.78, 5) is 33.1. The third-order valence-electron chi connectivity index (χ3n) is 9.40. The zero-order valence-corrected chi connectivity index (χ0v) is 31.6. The maximum atomic E-state index is 13.7. The van der Waals surface area contributed by atoms with Crippen LogP contribution in [0.4, 0.5) is 17.1 Å². The van der Waals surface area contributed by atoms with E-state index in [1.165, 1.54) is 42.4 Å². The van der Waals surface area contributed by atoms with Crippen LogP contribution >= 0.6 is 11.6 Å². The lowest BCUT2D eigenvalue weighted by atomic mass is 9.99. The fourth-order valence-electron chi connectivity index (χ4n) is 6.45. The second kappa shape index (κ2) is 17.1. The minimum absolute atomic E-state index is 0.0443. The number of benzene rings is 4. The summed E-state index contributed by atoms with van der Waals surface area (Å²) < 4.78 is 40.3. The third kappa shape index (κ3) is 9.17. The highest BCUT2D eigenvalue weighted by atomic mass is 35.5. The molecule has 1 amide bonds. The molecule has 56 heavy (non-hydrogen) atoms. The topological polar surface area (TPSA) is 156 Å². The molecule has 0 unspecified atom stereocenters. The number of aromatic nitrogens is 1. The molecular weight excluding hydrogens is 756 g/mol. The van der Waals surface area contributed by atoms with Crippen molar-refractivity contribution in [3.63, 3.8) is 0 Å². The van der Waals surface area contributed by atoms with E-state index in [0.717, 1.165) is 48.1 Å². The number of ether oxygens (including phenoxy) is 2. The Bertz CT molecular complexity index is 2400. The van der Waals surface area contributed by atoms with Crippen molar-refractivity contribution in [2.45, 2.75) is 11.4 Å². The number of nitro benzene ring substituents is 1. The first kappa shape index (κ1) is 38.1. The van der Waals surface area contributed by atoms with Crippen LogP contribution in [0.25, 0.3) is 11.1 Å². The lowest BCUT2D eigenvalue weighted by Crippen LogP contribution is -2.46. The molecule has 2 aliphatic rings. The second-order valence-corrected chi connectivity index (χ2v) is 15.2. The highest BCUT2D eigenvalue weighted by Gasteiger charge is 2.27. The van der Waals surface area contributed by atoms with Crippen LogP contribution in [-0.2, 0) is 21.3 Å². The third-order valence-corrected chi connectivity index (χ3v) is 11.0. The summed E-state index contributed by atoms with van der Waals surface area (Å²) in [6.45, 7) is 4.36. The average Bonchev–Trinajstić information content (AvgIpc) is 3.21. The number of sulfonamides is 1. The SMILES string of the molecule is O=C(NS(=O)(=O)c1ccc(NCC2=CCOC=C2)c([N+](=O)[O-])c1)c1ccc(N2CCN(Cc3ccccc3-c3ccc(Cl)cc3)CC2)cc1Oc1ccncc1. The maximum absolute atomic E-state index is 13.7. The second-order valence-electron chi connectivity index (χ2n) is 13.0. The molecule has 2 aliphatic heterocycles. The Kier molecular flexibility index (Phi) is 11.6. The molecule has 3 heterocycles. The normalized spacial score (nSPS) is 14.4. The van der Waals surface area contributed by atoms with Gasteiger partial charge in [-0.05, 0) is 82.9 Å². The molecule has 0 bridgehead atoms. The quantitative estimate of drug-likeness (QED) is 0.0904. The van der Waals surface area contributed by atoms with Crippen LogP contribution in [0.5, 0.6) is 11.5 Å². The number of anilines is 2. The lowest BCUT2D eigenvalue weighted by molar-refractivity contribution is -0.384. The molecule has 1 fully saturated rings. The molecule has 0 saturated carbocycles. The van der Waals surface area contributed by atoms with E-state index in [-0.39, 0.29) is 23.5 Å². The van der Waals surface area contributed by atoms with Gasteiger partial charge >= 0.3 is 0 Å². The van der Waals surface area contributed by atoms with Gasteiger partial charge in [0.25, 0.3) is 21.6 Å². The number of carbonyl (C=O) groups is 1. The Morgan fingerprint density at radius 2 is 1.71 bits per heavy atom. The summed E-state index contributed by atoms with van der Waals surface area (Å²) in [6.07, 6.45) is 8.14. The van der Waals surface area contributed by atoms with E-state index in [0.29, 0.717) is 30.5 Å². The van der Waals surface area contributed by atoms with Crippen LogP contribution < -0.4 is 19.7 Å². The van der Waals surface area contributed by atoms with Crippen LogP contribution in [0.15, 0.2) is 138 Å². The van der Waals surface area contributed by atoms with E-state index in [9.17, 15) is 23.3 Å². The summed E-state index contributed by atoms with van der Waals surface area (Å²) in [7, 11) is -4.55. The predicted octanol–water partition coefficient (Wildman–Crippen LogP) is 7.43. The Labute approximate surface area is 329 Å². The highest BCUT2D eigenvalue weighted by molar-refractivity contribution is 7.90. The van der Waals surface area contributed by atoms with Crippen molar-refractivity contribution in [2.75, 3.05) is 49.5 Å². The first-order valence-electron chi connectivity index (χ1n) is 17.7. The first-order valence-corrected chi connectivity index (χ1v) is 19.6. The lowest BCUT2D eigenvalue weighted by Gasteiger charge is -2.36. The summed E-state index contributed by atoms with van der Waals surface area (Å²) in [5, 5.41) is 15.6. The summed E-state index contributed by atoms with van der Waals surface area (Å²) in [5.74, 6) is -0.445. The molecule has 0 spiro atoms. The fourth-order valence-corrected chi connectivity index (χ4v) is 7.56. The number of hydrogen-bond donors (Lipinski definition) is 2. The number of piperazine rings is 1. The van der Waals surface area contributed by atoms with Gasteiger partial charge in [-0.1, -0.05) is 48.0 Å². The largest absolute Gasteiger partial charge is 0.497 e. The van der Waals surface area contributed by atoms with Crippen molar-refractivity contribution < 1.29 is 27.6 Å². The standard InChI is InChI=1S/C41H37ClN6O7S/c42-32-7-5-30(6-8-32)36-4-2-1-3-31(36)28-46-19-21-47(22-20-46)33-9-11-37(40(25-33)55-34-13-17-43-18-14-34)41(49)45-56(52,53)35-10-12-38(39(26-35)48(50)51)44-27-29-15-23-54-24-16-29/h1-18,23,25-26,44H,19-22,24,27-28H2,(H,45,49). The van der Waals surface area contributed by atoms with Crippen molar-refractivity contribution in [1.82, 2.24) is 14.6 Å². The molecule has 1 aromatic heterocycles. The molecule has 286 valence electrons. The van der Waals surface area contributed by atoms with Gasteiger partial charge in [-0.25, -0.2) is 13.1 Å². The molecule has 1 saturated heterocycles. The Hall–Kier alpha value is -6.22.